The van der Waals surface area contributed by atoms with Gasteiger partial charge in [0, 0.05) is 30.8 Å². The van der Waals surface area contributed by atoms with E-state index in [-0.39, 0.29) is 35.6 Å². The molecule has 2 aromatic heterocycles. The molecule has 1 fully saturated rings. The predicted octanol–water partition coefficient (Wildman–Crippen LogP) is 5.07. The Labute approximate surface area is 208 Å². The summed E-state index contributed by atoms with van der Waals surface area (Å²) in [5.74, 6) is 0.896. The van der Waals surface area contributed by atoms with Crippen LogP contribution in [0.5, 0.6) is 0 Å². The van der Waals surface area contributed by atoms with Gasteiger partial charge in [-0.3, -0.25) is 9.48 Å². The third-order valence-electron chi connectivity index (χ3n) is 6.26. The van der Waals surface area contributed by atoms with Crippen LogP contribution in [-0.2, 0) is 16.8 Å². The number of allylic oxidation sites excluding steroid dienone is 1. The predicted molar refractivity (Wildman–Crippen MR) is 137 cm³/mol. The Bertz CT molecular complexity index is 1030. The Morgan fingerprint density at radius 3 is 2.69 bits per heavy atom. The minimum absolute atomic E-state index is 0.0375. The van der Waals surface area contributed by atoms with Crippen LogP contribution in [-0.4, -0.2) is 43.7 Å². The number of nitrogens with zero attached hydrogens (tertiary/aromatic N) is 4. The van der Waals surface area contributed by atoms with E-state index in [1.54, 1.807) is 17.1 Å². The van der Waals surface area contributed by atoms with E-state index >= 15 is 0 Å². The quantitative estimate of drug-likeness (QED) is 0.484. The summed E-state index contributed by atoms with van der Waals surface area (Å²) in [5.41, 5.74) is 1.07. The molecule has 0 saturated heterocycles. The molecule has 2 amide bonds. The summed E-state index contributed by atoms with van der Waals surface area (Å²) in [6.45, 7) is 16.6. The molecular formula is C26H40N6O3. The van der Waals surface area contributed by atoms with Gasteiger partial charge >= 0.3 is 6.09 Å². The van der Waals surface area contributed by atoms with Crippen LogP contribution in [0.4, 0.5) is 10.6 Å². The van der Waals surface area contributed by atoms with E-state index in [1.807, 2.05) is 30.7 Å². The standard InChI is InChI=1S/C26H40N6O3/c1-8-18(9-2)15-31-16-20(14-27-31)24(33)29-23-13-22(30-32(23)26(5,6)7)19-10-11-21(12-19)35-25(34)28-17(3)4/h8,13-14,16-19,21H,1,9-12,15H2,2-7H3,(H,28,34)(H,29,33)/t18?,19-,21+/m0/s1. The van der Waals surface area contributed by atoms with Crippen molar-refractivity contribution in [1.29, 1.82) is 0 Å². The molecule has 35 heavy (non-hydrogen) atoms. The van der Waals surface area contributed by atoms with Crippen LogP contribution >= 0.6 is 0 Å². The fourth-order valence-corrected chi connectivity index (χ4v) is 4.32. The number of ether oxygens (including phenoxy) is 1. The molecule has 0 bridgehead atoms. The van der Waals surface area contributed by atoms with Crippen molar-refractivity contribution in [2.75, 3.05) is 5.32 Å². The summed E-state index contributed by atoms with van der Waals surface area (Å²) in [6, 6.07) is 1.98. The van der Waals surface area contributed by atoms with Crippen LogP contribution in [0.15, 0.2) is 31.1 Å². The topological polar surface area (TPSA) is 103 Å². The number of rotatable bonds is 9. The zero-order valence-corrected chi connectivity index (χ0v) is 21.9. The molecule has 0 radical (unpaired) electrons. The Balaban J connectivity index is 1.71. The number of amides is 2. The highest BCUT2D eigenvalue weighted by atomic mass is 16.6. The van der Waals surface area contributed by atoms with Crippen molar-refractivity contribution in [3.8, 4) is 0 Å². The number of aromatic nitrogens is 4. The fraction of sp³-hybridized carbons (Fsp3) is 0.615. The van der Waals surface area contributed by atoms with Crippen molar-refractivity contribution in [3.05, 3.63) is 42.4 Å². The van der Waals surface area contributed by atoms with E-state index in [0.717, 1.165) is 25.0 Å². The number of hydrogen-bond donors (Lipinski definition) is 2. The van der Waals surface area contributed by atoms with Gasteiger partial charge in [-0.05, 0) is 66.2 Å². The summed E-state index contributed by atoms with van der Waals surface area (Å²) in [6.07, 6.45) is 8.11. The number of nitrogens with one attached hydrogen (secondary N) is 2. The second kappa shape index (κ2) is 11.1. The normalized spacial score (nSPS) is 18.9. The third kappa shape index (κ3) is 6.96. The third-order valence-corrected chi connectivity index (χ3v) is 6.26. The minimum Gasteiger partial charge on any atom is -0.446 e. The maximum absolute atomic E-state index is 13.0. The van der Waals surface area contributed by atoms with Crippen molar-refractivity contribution >= 4 is 17.8 Å². The van der Waals surface area contributed by atoms with Crippen LogP contribution in [0.25, 0.3) is 0 Å². The van der Waals surface area contributed by atoms with Crippen molar-refractivity contribution in [2.24, 2.45) is 5.92 Å². The molecule has 2 N–H and O–H groups in total. The fourth-order valence-electron chi connectivity index (χ4n) is 4.32. The Hall–Kier alpha value is -3.10. The number of carbonyl (C=O) groups excluding carboxylic acids is 2. The summed E-state index contributed by atoms with van der Waals surface area (Å²) in [4.78, 5) is 25.0. The van der Waals surface area contributed by atoms with Crippen molar-refractivity contribution in [3.63, 3.8) is 0 Å². The molecule has 0 aliphatic heterocycles. The van der Waals surface area contributed by atoms with Crippen LogP contribution < -0.4 is 10.6 Å². The van der Waals surface area contributed by atoms with Gasteiger partial charge in [0.15, 0.2) is 0 Å². The van der Waals surface area contributed by atoms with E-state index in [4.69, 9.17) is 9.84 Å². The first kappa shape index (κ1) is 26.5. The first-order valence-corrected chi connectivity index (χ1v) is 12.5. The Kier molecular flexibility index (Phi) is 8.40. The van der Waals surface area contributed by atoms with E-state index in [1.165, 1.54) is 0 Å². The van der Waals surface area contributed by atoms with E-state index in [2.05, 4.69) is 50.0 Å². The number of carbonyl (C=O) groups is 2. The highest BCUT2D eigenvalue weighted by Crippen LogP contribution is 2.37. The lowest BCUT2D eigenvalue weighted by Crippen LogP contribution is -2.33. The van der Waals surface area contributed by atoms with Gasteiger partial charge in [0.05, 0.1) is 23.0 Å². The van der Waals surface area contributed by atoms with Gasteiger partial charge < -0.3 is 15.4 Å². The molecule has 192 valence electrons. The molecule has 1 saturated carbocycles. The highest BCUT2D eigenvalue weighted by Gasteiger charge is 2.32. The first-order valence-electron chi connectivity index (χ1n) is 12.5. The van der Waals surface area contributed by atoms with Gasteiger partial charge in [-0.1, -0.05) is 13.0 Å². The molecule has 0 aromatic carbocycles. The molecule has 9 heteroatoms. The van der Waals surface area contributed by atoms with Crippen LogP contribution in [0.2, 0.25) is 0 Å². The lowest BCUT2D eigenvalue weighted by molar-refractivity contribution is 0.0979. The maximum atomic E-state index is 13.0. The average molecular weight is 485 g/mol. The minimum atomic E-state index is -0.377. The van der Waals surface area contributed by atoms with Crippen LogP contribution in [0, 0.1) is 5.92 Å². The van der Waals surface area contributed by atoms with Gasteiger partial charge in [0.2, 0.25) is 0 Å². The molecule has 2 aromatic rings. The van der Waals surface area contributed by atoms with Crippen LogP contribution in [0.1, 0.15) is 89.2 Å². The van der Waals surface area contributed by atoms with E-state index in [0.29, 0.717) is 30.3 Å². The Morgan fingerprint density at radius 1 is 1.31 bits per heavy atom. The largest absolute Gasteiger partial charge is 0.446 e. The lowest BCUT2D eigenvalue weighted by Gasteiger charge is -2.22. The van der Waals surface area contributed by atoms with Crippen LogP contribution in [0.3, 0.4) is 0 Å². The number of alkyl carbamates (subject to hydrolysis) is 1. The lowest BCUT2D eigenvalue weighted by atomic mass is 10.0. The molecule has 3 rings (SSSR count). The monoisotopic (exact) mass is 484 g/mol. The summed E-state index contributed by atoms with van der Waals surface area (Å²) in [5, 5.41) is 15.0. The van der Waals surface area contributed by atoms with Crippen molar-refractivity contribution in [2.45, 2.75) is 97.4 Å². The summed E-state index contributed by atoms with van der Waals surface area (Å²) >= 11 is 0. The SMILES string of the molecule is C=CC(CC)Cn1cc(C(=O)Nc2cc([C@H]3CC[C@@H](OC(=O)NC(C)C)C3)nn2C(C)(C)C)cn1. The average Bonchev–Trinajstić information content (AvgIpc) is 3.50. The summed E-state index contributed by atoms with van der Waals surface area (Å²) in [7, 11) is 0. The van der Waals surface area contributed by atoms with Crippen molar-refractivity contribution in [1.82, 2.24) is 24.9 Å². The number of hydrogen-bond acceptors (Lipinski definition) is 5. The molecule has 1 aliphatic rings. The van der Waals surface area contributed by atoms with Gasteiger partial charge in [-0.2, -0.15) is 10.2 Å². The molecule has 2 heterocycles. The summed E-state index contributed by atoms with van der Waals surface area (Å²) < 4.78 is 9.22. The molecule has 1 unspecified atom stereocenters. The van der Waals surface area contributed by atoms with Gasteiger partial charge in [-0.15, -0.1) is 6.58 Å². The van der Waals surface area contributed by atoms with Gasteiger partial charge in [0.25, 0.3) is 5.91 Å². The molecule has 1 aliphatic carbocycles. The first-order chi connectivity index (χ1) is 16.5. The molecular weight excluding hydrogens is 444 g/mol. The molecule has 9 nitrogen and oxygen atoms in total. The van der Waals surface area contributed by atoms with E-state index in [9.17, 15) is 9.59 Å². The number of anilines is 1. The van der Waals surface area contributed by atoms with E-state index < -0.39 is 0 Å². The molecule has 0 spiro atoms. The zero-order chi connectivity index (χ0) is 25.8. The maximum Gasteiger partial charge on any atom is 0.407 e. The van der Waals surface area contributed by atoms with Crippen molar-refractivity contribution < 1.29 is 14.3 Å². The highest BCUT2D eigenvalue weighted by molar-refractivity contribution is 6.03. The Morgan fingerprint density at radius 2 is 2.06 bits per heavy atom. The smallest absolute Gasteiger partial charge is 0.407 e. The zero-order valence-electron chi connectivity index (χ0n) is 21.9. The second-order valence-corrected chi connectivity index (χ2v) is 10.7. The van der Waals surface area contributed by atoms with Gasteiger partial charge in [0.1, 0.15) is 11.9 Å². The molecule has 3 atom stereocenters. The second-order valence-electron chi connectivity index (χ2n) is 10.7. The van der Waals surface area contributed by atoms with Gasteiger partial charge in [-0.25, -0.2) is 9.48 Å².